The van der Waals surface area contributed by atoms with Crippen LogP contribution in [-0.2, 0) is 4.79 Å². The summed E-state index contributed by atoms with van der Waals surface area (Å²) in [5.41, 5.74) is 1.97. The third-order valence-corrected chi connectivity index (χ3v) is 3.74. The minimum atomic E-state index is -0.942. The van der Waals surface area contributed by atoms with E-state index in [1.807, 2.05) is 37.0 Å². The molecule has 0 bridgehead atoms. The van der Waals surface area contributed by atoms with E-state index >= 15 is 0 Å². The van der Waals surface area contributed by atoms with Crippen LogP contribution in [0.25, 0.3) is 6.08 Å². The Balaban J connectivity index is 2.81. The first-order valence-electron chi connectivity index (χ1n) is 5.45. The number of hydrogen-bond acceptors (Lipinski definition) is 3. The summed E-state index contributed by atoms with van der Waals surface area (Å²) in [5, 5.41) is 8.59. The van der Waals surface area contributed by atoms with E-state index in [0.29, 0.717) is 0 Å². The molecule has 0 saturated carbocycles. The Kier molecular flexibility index (Phi) is 6.29. The maximum atomic E-state index is 10.5. The number of aliphatic carboxylic acids is 1. The second-order valence-electron chi connectivity index (χ2n) is 3.79. The highest BCUT2D eigenvalue weighted by atomic mass is 79.9. The van der Waals surface area contributed by atoms with Crippen LogP contribution in [0.5, 0.6) is 0 Å². The summed E-state index contributed by atoms with van der Waals surface area (Å²) in [4.78, 5) is 12.6. The number of thioether (sulfide) groups is 1. The fourth-order valence-electron chi connectivity index (χ4n) is 1.41. The fraction of sp³-hybridized carbons (Fsp3) is 0.308. The number of benzene rings is 1. The van der Waals surface area contributed by atoms with Crippen LogP contribution >= 0.6 is 27.7 Å². The van der Waals surface area contributed by atoms with Gasteiger partial charge in [0.25, 0.3) is 0 Å². The molecule has 1 rings (SSSR count). The highest BCUT2D eigenvalue weighted by molar-refractivity contribution is 9.10. The standard InChI is InChI=1S/C13H16BrNO2S/c1-15(7-8-18-2)11-5-3-10(12(14)9-11)4-6-13(16)17/h3-6,9H,7-8H2,1-2H3,(H,16,17)/b6-4+. The van der Waals surface area contributed by atoms with Crippen LogP contribution in [0.1, 0.15) is 5.56 Å². The van der Waals surface area contributed by atoms with E-state index in [1.54, 1.807) is 6.08 Å². The van der Waals surface area contributed by atoms with Crippen molar-refractivity contribution in [3.05, 3.63) is 34.3 Å². The normalized spacial score (nSPS) is 10.8. The second-order valence-corrected chi connectivity index (χ2v) is 5.63. The molecular formula is C13H16BrNO2S. The lowest BCUT2D eigenvalue weighted by Gasteiger charge is -2.19. The molecule has 0 aliphatic heterocycles. The van der Waals surface area contributed by atoms with Crippen molar-refractivity contribution in [2.24, 2.45) is 0 Å². The number of hydrogen-bond donors (Lipinski definition) is 1. The van der Waals surface area contributed by atoms with E-state index in [-0.39, 0.29) is 0 Å². The lowest BCUT2D eigenvalue weighted by Crippen LogP contribution is -2.20. The molecule has 0 spiro atoms. The minimum Gasteiger partial charge on any atom is -0.478 e. The minimum absolute atomic E-state index is 0.861. The Hall–Kier alpha value is -0.940. The Morgan fingerprint density at radius 3 is 2.83 bits per heavy atom. The van der Waals surface area contributed by atoms with Gasteiger partial charge in [-0.15, -0.1) is 0 Å². The van der Waals surface area contributed by atoms with Crippen molar-refractivity contribution in [1.82, 2.24) is 0 Å². The molecule has 0 amide bonds. The van der Waals surface area contributed by atoms with Gasteiger partial charge in [-0.25, -0.2) is 4.79 Å². The molecule has 0 unspecified atom stereocenters. The largest absolute Gasteiger partial charge is 0.478 e. The number of carboxylic acids is 1. The Morgan fingerprint density at radius 1 is 1.56 bits per heavy atom. The summed E-state index contributed by atoms with van der Waals surface area (Å²) in [5.74, 6) is 0.137. The van der Waals surface area contributed by atoms with E-state index in [2.05, 4.69) is 27.1 Å². The third kappa shape index (κ3) is 4.74. The van der Waals surface area contributed by atoms with Crippen molar-refractivity contribution >= 4 is 45.4 Å². The molecule has 1 aromatic rings. The zero-order valence-corrected chi connectivity index (χ0v) is 12.8. The van der Waals surface area contributed by atoms with Gasteiger partial charge in [0, 0.05) is 35.6 Å². The maximum Gasteiger partial charge on any atom is 0.328 e. The molecule has 1 N–H and O–H groups in total. The smallest absolute Gasteiger partial charge is 0.328 e. The zero-order chi connectivity index (χ0) is 13.5. The fourth-order valence-corrected chi connectivity index (χ4v) is 2.36. The zero-order valence-electron chi connectivity index (χ0n) is 10.4. The number of carboxylic acid groups (broad SMARTS) is 1. The molecule has 0 fully saturated rings. The van der Waals surface area contributed by atoms with Gasteiger partial charge < -0.3 is 10.0 Å². The van der Waals surface area contributed by atoms with Crippen molar-refractivity contribution in [2.75, 3.05) is 30.5 Å². The number of rotatable bonds is 6. The van der Waals surface area contributed by atoms with Gasteiger partial charge >= 0.3 is 5.97 Å². The number of anilines is 1. The second kappa shape index (κ2) is 7.48. The molecule has 0 heterocycles. The van der Waals surface area contributed by atoms with E-state index in [9.17, 15) is 4.79 Å². The first-order valence-corrected chi connectivity index (χ1v) is 7.64. The van der Waals surface area contributed by atoms with Crippen LogP contribution in [-0.4, -0.2) is 36.7 Å². The van der Waals surface area contributed by atoms with Crippen molar-refractivity contribution in [3.8, 4) is 0 Å². The van der Waals surface area contributed by atoms with Crippen LogP contribution in [0.2, 0.25) is 0 Å². The van der Waals surface area contributed by atoms with E-state index in [0.717, 1.165) is 34.1 Å². The topological polar surface area (TPSA) is 40.5 Å². The maximum absolute atomic E-state index is 10.5. The van der Waals surface area contributed by atoms with Crippen molar-refractivity contribution in [2.45, 2.75) is 0 Å². The van der Waals surface area contributed by atoms with Crippen LogP contribution in [0, 0.1) is 0 Å². The van der Waals surface area contributed by atoms with Crippen LogP contribution in [0.3, 0.4) is 0 Å². The van der Waals surface area contributed by atoms with Crippen LogP contribution in [0.15, 0.2) is 28.7 Å². The van der Waals surface area contributed by atoms with E-state index < -0.39 is 5.97 Å². The number of halogens is 1. The Labute approximate surface area is 120 Å². The van der Waals surface area contributed by atoms with Crippen LogP contribution in [0.4, 0.5) is 5.69 Å². The quantitative estimate of drug-likeness (QED) is 0.812. The molecule has 0 aliphatic carbocycles. The van der Waals surface area contributed by atoms with Gasteiger partial charge in [0.2, 0.25) is 0 Å². The first-order chi connectivity index (χ1) is 8.54. The Morgan fingerprint density at radius 2 is 2.28 bits per heavy atom. The van der Waals surface area contributed by atoms with Gasteiger partial charge in [-0.05, 0) is 30.0 Å². The predicted molar refractivity (Wildman–Crippen MR) is 82.5 cm³/mol. The van der Waals surface area contributed by atoms with E-state index in [1.165, 1.54) is 0 Å². The van der Waals surface area contributed by atoms with Gasteiger partial charge in [-0.1, -0.05) is 22.0 Å². The molecule has 98 valence electrons. The highest BCUT2D eigenvalue weighted by Gasteiger charge is 2.03. The summed E-state index contributed by atoms with van der Waals surface area (Å²) in [7, 11) is 2.05. The van der Waals surface area contributed by atoms with Crippen LogP contribution < -0.4 is 4.90 Å². The molecule has 5 heteroatoms. The first kappa shape index (κ1) is 15.1. The SMILES string of the molecule is CSCCN(C)c1ccc(/C=C/C(=O)O)c(Br)c1. The summed E-state index contributed by atoms with van der Waals surface area (Å²) < 4.78 is 0.897. The Bertz CT molecular complexity index is 449. The molecule has 0 atom stereocenters. The summed E-state index contributed by atoms with van der Waals surface area (Å²) in [6, 6.07) is 5.91. The van der Waals surface area contributed by atoms with Gasteiger partial charge in [-0.3, -0.25) is 0 Å². The molecule has 1 aromatic carbocycles. The van der Waals surface area contributed by atoms with Gasteiger partial charge in [0.05, 0.1) is 0 Å². The average molecular weight is 330 g/mol. The molecule has 18 heavy (non-hydrogen) atoms. The number of nitrogens with zero attached hydrogens (tertiary/aromatic N) is 1. The van der Waals surface area contributed by atoms with Gasteiger partial charge in [0.1, 0.15) is 0 Å². The molecule has 0 saturated heterocycles. The average Bonchev–Trinajstić information content (AvgIpc) is 2.34. The molecular weight excluding hydrogens is 314 g/mol. The molecule has 0 aromatic heterocycles. The van der Waals surface area contributed by atoms with Crippen molar-refractivity contribution in [1.29, 1.82) is 0 Å². The predicted octanol–water partition coefficient (Wildman–Crippen LogP) is 3.35. The number of carbonyl (C=O) groups is 1. The summed E-state index contributed by atoms with van der Waals surface area (Å²) >= 11 is 5.27. The summed E-state index contributed by atoms with van der Waals surface area (Å²) in [6.07, 6.45) is 4.80. The highest BCUT2D eigenvalue weighted by Crippen LogP contribution is 2.24. The summed E-state index contributed by atoms with van der Waals surface area (Å²) in [6.45, 7) is 0.984. The van der Waals surface area contributed by atoms with Crippen molar-refractivity contribution < 1.29 is 9.90 Å². The molecule has 0 radical (unpaired) electrons. The van der Waals surface area contributed by atoms with Crippen molar-refractivity contribution in [3.63, 3.8) is 0 Å². The lowest BCUT2D eigenvalue weighted by atomic mass is 10.2. The van der Waals surface area contributed by atoms with E-state index in [4.69, 9.17) is 5.11 Å². The molecule has 3 nitrogen and oxygen atoms in total. The van der Waals surface area contributed by atoms with Gasteiger partial charge in [-0.2, -0.15) is 11.8 Å². The monoisotopic (exact) mass is 329 g/mol. The third-order valence-electron chi connectivity index (χ3n) is 2.46. The molecule has 0 aliphatic rings. The van der Waals surface area contributed by atoms with Gasteiger partial charge in [0.15, 0.2) is 0 Å². The lowest BCUT2D eigenvalue weighted by molar-refractivity contribution is -0.131.